The molecule has 1 heterocycles. The molecule has 0 saturated carbocycles. The molecule has 0 radical (unpaired) electrons. The predicted octanol–water partition coefficient (Wildman–Crippen LogP) is 2.58. The normalized spacial score (nSPS) is 39.3. The van der Waals surface area contributed by atoms with Gasteiger partial charge in [-0.2, -0.15) is 0 Å². The molecule has 0 aromatic carbocycles. The second kappa shape index (κ2) is 3.09. The highest BCUT2D eigenvalue weighted by Crippen LogP contribution is 2.25. The lowest BCUT2D eigenvalue weighted by atomic mass is 9.88. The molecule has 1 rings (SSSR count). The van der Waals surface area contributed by atoms with Crippen LogP contribution in [0.5, 0.6) is 0 Å². The van der Waals surface area contributed by atoms with Crippen LogP contribution >= 0.6 is 0 Å². The molecule has 0 aromatic heterocycles. The van der Waals surface area contributed by atoms with Gasteiger partial charge in [0, 0.05) is 0 Å². The molecular formula is C9H16O. The lowest BCUT2D eigenvalue weighted by molar-refractivity contribution is 0.0562. The van der Waals surface area contributed by atoms with E-state index in [2.05, 4.69) is 26.8 Å². The number of rotatable bonds is 1. The Morgan fingerprint density at radius 1 is 1.40 bits per heavy atom. The van der Waals surface area contributed by atoms with Gasteiger partial charge >= 0.3 is 0 Å². The summed E-state index contributed by atoms with van der Waals surface area (Å²) in [6.07, 6.45) is 5.55. The summed E-state index contributed by atoms with van der Waals surface area (Å²) in [5.74, 6) is 1.36. The van der Waals surface area contributed by atoms with Crippen LogP contribution in [0.3, 0.4) is 0 Å². The molecule has 0 amide bonds. The van der Waals surface area contributed by atoms with Crippen molar-refractivity contribution in [1.29, 1.82) is 0 Å². The van der Waals surface area contributed by atoms with E-state index in [9.17, 15) is 0 Å². The van der Waals surface area contributed by atoms with Crippen LogP contribution in [-0.2, 0) is 4.74 Å². The molecule has 2 unspecified atom stereocenters. The van der Waals surface area contributed by atoms with Gasteiger partial charge in [-0.3, -0.25) is 0 Å². The zero-order valence-electron chi connectivity index (χ0n) is 7.00. The molecule has 0 N–H and O–H groups in total. The minimum absolute atomic E-state index is 0.444. The van der Waals surface area contributed by atoms with Crippen molar-refractivity contribution in [1.82, 2.24) is 0 Å². The first-order chi connectivity index (χ1) is 4.75. The molecule has 0 aromatic rings. The lowest BCUT2D eigenvalue weighted by Gasteiger charge is -2.29. The Kier molecular flexibility index (Phi) is 2.36. The van der Waals surface area contributed by atoms with E-state index in [4.69, 9.17) is 4.74 Å². The molecule has 0 spiro atoms. The molecule has 0 aliphatic carbocycles. The first-order valence-electron chi connectivity index (χ1n) is 4.07. The highest BCUT2D eigenvalue weighted by molar-refractivity contribution is 4.91. The zero-order chi connectivity index (χ0) is 7.56. The van der Waals surface area contributed by atoms with E-state index in [0.717, 1.165) is 6.42 Å². The standard InChI is InChI=1S/C9H16O/c1-4-9-8(3)7(2)5-6-10-9/h5-9H,4H2,1-3H3/t7?,8-,9?/m0/s1. The van der Waals surface area contributed by atoms with Gasteiger partial charge in [0.05, 0.1) is 6.26 Å². The molecule has 1 nitrogen and oxygen atoms in total. The van der Waals surface area contributed by atoms with Crippen molar-refractivity contribution in [2.45, 2.75) is 33.3 Å². The van der Waals surface area contributed by atoms with Crippen LogP contribution in [0.1, 0.15) is 27.2 Å². The maximum absolute atomic E-state index is 5.43. The number of allylic oxidation sites excluding steroid dienone is 1. The minimum Gasteiger partial charge on any atom is -0.498 e. The summed E-state index contributed by atoms with van der Waals surface area (Å²) in [6, 6.07) is 0. The summed E-state index contributed by atoms with van der Waals surface area (Å²) in [6.45, 7) is 6.67. The molecule has 1 aliphatic rings. The number of hydrogen-bond acceptors (Lipinski definition) is 1. The van der Waals surface area contributed by atoms with Gasteiger partial charge in [-0.25, -0.2) is 0 Å². The fourth-order valence-electron chi connectivity index (χ4n) is 1.38. The van der Waals surface area contributed by atoms with Crippen LogP contribution in [0, 0.1) is 11.8 Å². The highest BCUT2D eigenvalue weighted by atomic mass is 16.5. The quantitative estimate of drug-likeness (QED) is 0.544. The average molecular weight is 140 g/mol. The molecule has 1 aliphatic heterocycles. The second-order valence-electron chi connectivity index (χ2n) is 3.13. The monoisotopic (exact) mass is 140 g/mol. The van der Waals surface area contributed by atoms with Gasteiger partial charge in [-0.05, 0) is 24.3 Å². The summed E-state index contributed by atoms with van der Waals surface area (Å²) in [5, 5.41) is 0. The van der Waals surface area contributed by atoms with Crippen LogP contribution in [0.4, 0.5) is 0 Å². The van der Waals surface area contributed by atoms with Gasteiger partial charge in [0.25, 0.3) is 0 Å². The van der Waals surface area contributed by atoms with Crippen molar-refractivity contribution in [3.63, 3.8) is 0 Å². The Morgan fingerprint density at radius 3 is 2.60 bits per heavy atom. The maximum Gasteiger partial charge on any atom is 0.101 e. The summed E-state index contributed by atoms with van der Waals surface area (Å²) >= 11 is 0. The van der Waals surface area contributed by atoms with Crippen molar-refractivity contribution in [2.24, 2.45) is 11.8 Å². The van der Waals surface area contributed by atoms with Crippen LogP contribution < -0.4 is 0 Å². The smallest absolute Gasteiger partial charge is 0.101 e. The molecular weight excluding hydrogens is 124 g/mol. The third kappa shape index (κ3) is 1.34. The number of ether oxygens (including phenoxy) is 1. The van der Waals surface area contributed by atoms with Crippen molar-refractivity contribution in [3.8, 4) is 0 Å². The van der Waals surface area contributed by atoms with E-state index in [-0.39, 0.29) is 0 Å². The predicted molar refractivity (Wildman–Crippen MR) is 42.6 cm³/mol. The summed E-state index contributed by atoms with van der Waals surface area (Å²) in [4.78, 5) is 0. The Bertz CT molecular complexity index is 129. The zero-order valence-corrected chi connectivity index (χ0v) is 7.00. The molecule has 1 heteroatoms. The van der Waals surface area contributed by atoms with Crippen LogP contribution in [0.2, 0.25) is 0 Å². The van der Waals surface area contributed by atoms with Crippen LogP contribution in [-0.4, -0.2) is 6.10 Å². The van der Waals surface area contributed by atoms with E-state index >= 15 is 0 Å². The van der Waals surface area contributed by atoms with Crippen molar-refractivity contribution in [3.05, 3.63) is 12.3 Å². The fraction of sp³-hybridized carbons (Fsp3) is 0.778. The molecule has 58 valence electrons. The topological polar surface area (TPSA) is 9.23 Å². The fourth-order valence-corrected chi connectivity index (χ4v) is 1.38. The summed E-state index contributed by atoms with van der Waals surface area (Å²) < 4.78 is 5.43. The van der Waals surface area contributed by atoms with Gasteiger partial charge in [0.2, 0.25) is 0 Å². The van der Waals surface area contributed by atoms with Crippen molar-refractivity contribution >= 4 is 0 Å². The van der Waals surface area contributed by atoms with E-state index in [0.29, 0.717) is 17.9 Å². The molecule has 0 fully saturated rings. The van der Waals surface area contributed by atoms with Crippen molar-refractivity contribution in [2.75, 3.05) is 0 Å². The lowest BCUT2D eigenvalue weighted by Crippen LogP contribution is -2.26. The Labute approximate surface area is 63.1 Å². The van der Waals surface area contributed by atoms with Gasteiger partial charge < -0.3 is 4.74 Å². The first-order valence-corrected chi connectivity index (χ1v) is 4.07. The van der Waals surface area contributed by atoms with Crippen molar-refractivity contribution < 1.29 is 4.74 Å². The molecule has 0 saturated heterocycles. The second-order valence-corrected chi connectivity index (χ2v) is 3.13. The first kappa shape index (κ1) is 7.64. The van der Waals surface area contributed by atoms with E-state index in [1.807, 2.05) is 6.26 Å². The molecule has 10 heavy (non-hydrogen) atoms. The van der Waals surface area contributed by atoms with Gasteiger partial charge in [-0.15, -0.1) is 0 Å². The Balaban J connectivity index is 2.56. The average Bonchev–Trinajstić information content (AvgIpc) is 1.95. The molecule has 0 bridgehead atoms. The number of hydrogen-bond donors (Lipinski definition) is 0. The van der Waals surface area contributed by atoms with E-state index in [1.54, 1.807) is 0 Å². The third-order valence-electron chi connectivity index (χ3n) is 2.45. The van der Waals surface area contributed by atoms with Gasteiger partial charge in [0.15, 0.2) is 0 Å². The maximum atomic E-state index is 5.43. The van der Waals surface area contributed by atoms with Crippen LogP contribution in [0.15, 0.2) is 12.3 Å². The molecule has 3 atom stereocenters. The van der Waals surface area contributed by atoms with E-state index in [1.165, 1.54) is 0 Å². The SMILES string of the molecule is CCC1OC=CC(C)[C@@H]1C. The summed E-state index contributed by atoms with van der Waals surface area (Å²) in [5.41, 5.74) is 0. The Morgan fingerprint density at radius 2 is 2.10 bits per heavy atom. The van der Waals surface area contributed by atoms with Gasteiger partial charge in [0.1, 0.15) is 6.10 Å². The Hall–Kier alpha value is -0.460. The minimum atomic E-state index is 0.444. The van der Waals surface area contributed by atoms with Crippen LogP contribution in [0.25, 0.3) is 0 Å². The van der Waals surface area contributed by atoms with Gasteiger partial charge in [-0.1, -0.05) is 20.8 Å². The van der Waals surface area contributed by atoms with E-state index < -0.39 is 0 Å². The largest absolute Gasteiger partial charge is 0.498 e. The summed E-state index contributed by atoms with van der Waals surface area (Å²) in [7, 11) is 0. The highest BCUT2D eigenvalue weighted by Gasteiger charge is 2.23. The third-order valence-corrected chi connectivity index (χ3v) is 2.45.